The second-order valence-corrected chi connectivity index (χ2v) is 4.70. The summed E-state index contributed by atoms with van der Waals surface area (Å²) in [7, 11) is 1.51. The van der Waals surface area contributed by atoms with Crippen molar-refractivity contribution in [2.45, 2.75) is 43.6 Å². The molecule has 2 rings (SSSR count). The Labute approximate surface area is 104 Å². The molecule has 2 atom stereocenters. The van der Waals surface area contributed by atoms with Crippen molar-refractivity contribution in [3.63, 3.8) is 0 Å². The van der Waals surface area contributed by atoms with Crippen LogP contribution in [0.1, 0.15) is 49.4 Å². The van der Waals surface area contributed by atoms with Crippen LogP contribution in [-0.4, -0.2) is 29.8 Å². The van der Waals surface area contributed by atoms with Crippen molar-refractivity contribution in [3.8, 4) is 0 Å². The monoisotopic (exact) mass is 261 g/mol. The molecule has 0 aromatic carbocycles. The van der Waals surface area contributed by atoms with Gasteiger partial charge in [0.1, 0.15) is 6.04 Å². The zero-order valence-corrected chi connectivity index (χ0v) is 10.2. The number of halogens is 2. The number of rotatable bonds is 4. The van der Waals surface area contributed by atoms with E-state index in [-0.39, 0.29) is 31.3 Å². The molecule has 2 N–H and O–H groups in total. The summed E-state index contributed by atoms with van der Waals surface area (Å²) in [6.45, 7) is 0.252. The fourth-order valence-corrected chi connectivity index (χ4v) is 2.21. The number of nitrogens with zero attached hydrogens (tertiary/aromatic N) is 2. The predicted molar refractivity (Wildman–Crippen MR) is 59.3 cm³/mol. The number of nitrogens with two attached hydrogens (primary N) is 1. The van der Waals surface area contributed by atoms with Gasteiger partial charge >= 0.3 is 0 Å². The lowest BCUT2D eigenvalue weighted by Gasteiger charge is -2.26. The summed E-state index contributed by atoms with van der Waals surface area (Å²) in [6, 6.07) is -0.514. The van der Waals surface area contributed by atoms with Gasteiger partial charge in [0.05, 0.1) is 6.61 Å². The van der Waals surface area contributed by atoms with Gasteiger partial charge in [-0.2, -0.15) is 4.98 Å². The number of alkyl halides is 2. The third-order valence-electron chi connectivity index (χ3n) is 3.13. The Balaban J connectivity index is 2.05. The summed E-state index contributed by atoms with van der Waals surface area (Å²) in [5, 5.41) is 3.75. The third kappa shape index (κ3) is 3.02. The molecule has 1 aromatic heterocycles. The highest BCUT2D eigenvalue weighted by atomic mass is 19.3. The van der Waals surface area contributed by atoms with Crippen molar-refractivity contribution < 1.29 is 18.0 Å². The first kappa shape index (κ1) is 13.4. The molecule has 0 bridgehead atoms. The highest BCUT2D eigenvalue weighted by Gasteiger charge is 2.38. The van der Waals surface area contributed by atoms with Gasteiger partial charge in [0.15, 0.2) is 5.82 Å². The molecule has 5 nitrogen and oxygen atoms in total. The van der Waals surface area contributed by atoms with E-state index in [2.05, 4.69) is 10.1 Å². The van der Waals surface area contributed by atoms with Crippen LogP contribution in [0, 0.1) is 0 Å². The van der Waals surface area contributed by atoms with Gasteiger partial charge in [-0.05, 0) is 12.8 Å². The van der Waals surface area contributed by atoms with Gasteiger partial charge in [0.25, 0.3) is 0 Å². The average Bonchev–Trinajstić information content (AvgIpc) is 2.77. The van der Waals surface area contributed by atoms with E-state index < -0.39 is 12.0 Å². The Morgan fingerprint density at radius 2 is 2.39 bits per heavy atom. The van der Waals surface area contributed by atoms with Gasteiger partial charge in [-0.25, -0.2) is 8.78 Å². The zero-order chi connectivity index (χ0) is 13.2. The smallest absolute Gasteiger partial charge is 0.248 e. The van der Waals surface area contributed by atoms with E-state index >= 15 is 0 Å². The van der Waals surface area contributed by atoms with Crippen LogP contribution in [0.2, 0.25) is 0 Å². The molecule has 1 aliphatic rings. The fraction of sp³-hybridized carbons (Fsp3) is 0.818. The van der Waals surface area contributed by atoms with Gasteiger partial charge in [-0.15, -0.1) is 0 Å². The van der Waals surface area contributed by atoms with Gasteiger partial charge < -0.3 is 15.0 Å². The number of hydrogen-bond donors (Lipinski definition) is 1. The maximum atomic E-state index is 13.3. The van der Waals surface area contributed by atoms with Gasteiger partial charge in [0, 0.05) is 25.9 Å². The van der Waals surface area contributed by atoms with E-state index in [0.29, 0.717) is 18.7 Å². The predicted octanol–water partition coefficient (Wildman–Crippen LogP) is 2.01. The lowest BCUT2D eigenvalue weighted by molar-refractivity contribution is -0.0418. The highest BCUT2D eigenvalue weighted by molar-refractivity contribution is 5.01. The second-order valence-electron chi connectivity index (χ2n) is 4.70. The normalized spacial score (nSPS) is 25.0. The van der Waals surface area contributed by atoms with Crippen molar-refractivity contribution in [1.29, 1.82) is 0 Å². The molecular formula is C11H17F2N3O2. The molecule has 0 radical (unpaired) electrons. The Bertz CT molecular complexity index is 397. The first-order valence-corrected chi connectivity index (χ1v) is 5.97. The number of methoxy groups -OCH3 is 1. The topological polar surface area (TPSA) is 74.2 Å². The maximum Gasteiger partial charge on any atom is 0.248 e. The first-order chi connectivity index (χ1) is 8.52. The Kier molecular flexibility index (Phi) is 3.91. The molecule has 102 valence electrons. The van der Waals surface area contributed by atoms with Crippen LogP contribution in [0.25, 0.3) is 0 Å². The minimum Gasteiger partial charge on any atom is -0.383 e. The van der Waals surface area contributed by atoms with Crippen LogP contribution >= 0.6 is 0 Å². The van der Waals surface area contributed by atoms with Crippen LogP contribution in [0.3, 0.4) is 0 Å². The minimum atomic E-state index is -2.63. The fourth-order valence-electron chi connectivity index (χ4n) is 2.21. The van der Waals surface area contributed by atoms with Gasteiger partial charge in [-0.3, -0.25) is 0 Å². The molecule has 18 heavy (non-hydrogen) atoms. The molecule has 2 unspecified atom stereocenters. The van der Waals surface area contributed by atoms with E-state index in [1.807, 2.05) is 0 Å². The molecule has 1 aliphatic carbocycles. The molecule has 0 saturated heterocycles. The van der Waals surface area contributed by atoms with E-state index in [4.69, 9.17) is 15.0 Å². The van der Waals surface area contributed by atoms with Crippen LogP contribution in [0.4, 0.5) is 8.78 Å². The number of aromatic nitrogens is 2. The summed E-state index contributed by atoms with van der Waals surface area (Å²) < 4.78 is 36.5. The SMILES string of the molecule is COCC(N)c1nc(C2CCCC(F)(F)C2)no1. The molecule has 1 aromatic rings. The second kappa shape index (κ2) is 5.27. The lowest BCUT2D eigenvalue weighted by atomic mass is 9.86. The van der Waals surface area contributed by atoms with Crippen molar-refractivity contribution >= 4 is 0 Å². The average molecular weight is 261 g/mol. The van der Waals surface area contributed by atoms with Crippen LogP contribution in [0.5, 0.6) is 0 Å². The van der Waals surface area contributed by atoms with E-state index in [1.165, 1.54) is 7.11 Å². The minimum absolute atomic E-state index is 0.0581. The van der Waals surface area contributed by atoms with E-state index in [9.17, 15) is 8.78 Å². The van der Waals surface area contributed by atoms with Crippen molar-refractivity contribution in [2.24, 2.45) is 5.73 Å². The van der Waals surface area contributed by atoms with Crippen molar-refractivity contribution in [2.75, 3.05) is 13.7 Å². The Morgan fingerprint density at radius 3 is 3.06 bits per heavy atom. The Hall–Kier alpha value is -1.08. The molecule has 1 heterocycles. The number of hydrogen-bond acceptors (Lipinski definition) is 5. The van der Waals surface area contributed by atoms with Gasteiger partial charge in [0.2, 0.25) is 11.8 Å². The summed E-state index contributed by atoms with van der Waals surface area (Å²) in [6.07, 6.45) is 0.864. The molecule has 0 spiro atoms. The molecular weight excluding hydrogens is 244 g/mol. The van der Waals surface area contributed by atoms with E-state index in [0.717, 1.165) is 0 Å². The molecule has 7 heteroatoms. The summed E-state index contributed by atoms with van der Waals surface area (Å²) in [5.74, 6) is -2.41. The van der Waals surface area contributed by atoms with Crippen molar-refractivity contribution in [3.05, 3.63) is 11.7 Å². The molecule has 0 amide bonds. The third-order valence-corrected chi connectivity index (χ3v) is 3.13. The summed E-state index contributed by atoms with van der Waals surface area (Å²) in [5.41, 5.74) is 5.73. The van der Waals surface area contributed by atoms with Crippen molar-refractivity contribution in [1.82, 2.24) is 10.1 Å². The van der Waals surface area contributed by atoms with E-state index in [1.54, 1.807) is 0 Å². The standard InChI is InChI=1S/C11H17F2N3O2/c1-17-6-8(14)10-15-9(16-18-10)7-3-2-4-11(12,13)5-7/h7-8H,2-6,14H2,1H3. The molecule has 1 saturated carbocycles. The quantitative estimate of drug-likeness (QED) is 0.897. The highest BCUT2D eigenvalue weighted by Crippen LogP contribution is 2.40. The summed E-state index contributed by atoms with van der Waals surface area (Å²) >= 11 is 0. The Morgan fingerprint density at radius 1 is 1.61 bits per heavy atom. The lowest BCUT2D eigenvalue weighted by Crippen LogP contribution is -2.25. The first-order valence-electron chi connectivity index (χ1n) is 5.97. The number of ether oxygens (including phenoxy) is 1. The largest absolute Gasteiger partial charge is 0.383 e. The summed E-state index contributed by atoms with van der Waals surface area (Å²) in [4.78, 5) is 4.10. The van der Waals surface area contributed by atoms with Crippen LogP contribution in [-0.2, 0) is 4.74 Å². The maximum absolute atomic E-state index is 13.3. The zero-order valence-electron chi connectivity index (χ0n) is 10.2. The van der Waals surface area contributed by atoms with Crippen LogP contribution < -0.4 is 5.73 Å². The van der Waals surface area contributed by atoms with Gasteiger partial charge in [-0.1, -0.05) is 5.16 Å². The molecule has 1 fully saturated rings. The van der Waals surface area contributed by atoms with Crippen LogP contribution in [0.15, 0.2) is 4.52 Å². The molecule has 0 aliphatic heterocycles.